The molecular formula is C19H36O9. The second-order valence-electron chi connectivity index (χ2n) is 8.13. The van der Waals surface area contributed by atoms with E-state index in [2.05, 4.69) is 0 Å². The number of hydrogen-bond donors (Lipinski definition) is 6. The highest BCUT2D eigenvalue weighted by atomic mass is 16.6. The van der Waals surface area contributed by atoms with Gasteiger partial charge in [-0.15, -0.1) is 0 Å². The zero-order valence-electron chi connectivity index (χ0n) is 16.8. The summed E-state index contributed by atoms with van der Waals surface area (Å²) in [7, 11) is 0. The molecule has 0 saturated carbocycles. The van der Waals surface area contributed by atoms with Crippen LogP contribution in [0.3, 0.4) is 0 Å². The molecule has 0 aromatic carbocycles. The van der Waals surface area contributed by atoms with E-state index in [9.17, 15) is 30.6 Å². The van der Waals surface area contributed by atoms with Gasteiger partial charge in [0.05, 0.1) is 43.7 Å². The number of aliphatic hydroxyl groups is 6. The molecular weight excluding hydrogens is 372 g/mol. The summed E-state index contributed by atoms with van der Waals surface area (Å²) in [5, 5.41) is 61.0. The van der Waals surface area contributed by atoms with Crippen LogP contribution in [0, 0.1) is 5.92 Å². The minimum Gasteiger partial charge on any atom is -0.394 e. The summed E-state index contributed by atoms with van der Waals surface area (Å²) in [6.45, 7) is 4.89. The largest absolute Gasteiger partial charge is 0.394 e. The van der Waals surface area contributed by atoms with Crippen LogP contribution in [0.4, 0.5) is 0 Å². The molecule has 166 valence electrons. The van der Waals surface area contributed by atoms with E-state index in [0.717, 1.165) is 0 Å². The molecule has 0 aliphatic carbocycles. The molecule has 0 aromatic heterocycles. The van der Waals surface area contributed by atoms with Crippen molar-refractivity contribution in [3.05, 3.63) is 0 Å². The number of aliphatic hydroxyl groups excluding tert-OH is 6. The van der Waals surface area contributed by atoms with Crippen molar-refractivity contribution >= 4 is 0 Å². The van der Waals surface area contributed by atoms with Gasteiger partial charge in [0.1, 0.15) is 30.5 Å². The predicted molar refractivity (Wildman–Crippen MR) is 98.6 cm³/mol. The summed E-state index contributed by atoms with van der Waals surface area (Å²) < 4.78 is 17.0. The van der Waals surface area contributed by atoms with Crippen molar-refractivity contribution in [2.75, 3.05) is 19.8 Å². The first-order valence-corrected chi connectivity index (χ1v) is 10.1. The highest BCUT2D eigenvalue weighted by Crippen LogP contribution is 2.34. The molecule has 28 heavy (non-hydrogen) atoms. The lowest BCUT2D eigenvalue weighted by Crippen LogP contribution is -2.62. The van der Waals surface area contributed by atoms with Gasteiger partial charge >= 0.3 is 0 Å². The number of hydrogen-bond acceptors (Lipinski definition) is 9. The van der Waals surface area contributed by atoms with Crippen molar-refractivity contribution in [3.8, 4) is 0 Å². The van der Waals surface area contributed by atoms with E-state index in [-0.39, 0.29) is 13.0 Å². The summed E-state index contributed by atoms with van der Waals surface area (Å²) in [4.78, 5) is 0. The first-order chi connectivity index (χ1) is 13.2. The average molecular weight is 408 g/mol. The third-order valence-corrected chi connectivity index (χ3v) is 6.36. The van der Waals surface area contributed by atoms with Gasteiger partial charge in [0.25, 0.3) is 0 Å². The third-order valence-electron chi connectivity index (χ3n) is 6.36. The maximum atomic E-state index is 10.9. The quantitative estimate of drug-likeness (QED) is 0.284. The molecule has 9 nitrogen and oxygen atoms in total. The summed E-state index contributed by atoms with van der Waals surface area (Å²) in [5.74, 6) is -0.704. The third kappa shape index (κ3) is 5.03. The van der Waals surface area contributed by atoms with Crippen molar-refractivity contribution < 1.29 is 44.8 Å². The van der Waals surface area contributed by atoms with E-state index < -0.39 is 73.6 Å². The Morgan fingerprint density at radius 3 is 2.00 bits per heavy atom. The molecule has 2 aliphatic heterocycles. The van der Waals surface area contributed by atoms with Gasteiger partial charge in [-0.05, 0) is 26.2 Å². The predicted octanol–water partition coefficient (Wildman–Crippen LogP) is -1.45. The van der Waals surface area contributed by atoms with E-state index in [4.69, 9.17) is 14.2 Å². The molecule has 0 bridgehead atoms. The minimum atomic E-state index is -1.22. The van der Waals surface area contributed by atoms with Crippen LogP contribution in [-0.4, -0.2) is 105 Å². The van der Waals surface area contributed by atoms with Gasteiger partial charge in [-0.2, -0.15) is 0 Å². The Morgan fingerprint density at radius 1 is 0.893 bits per heavy atom. The van der Waals surface area contributed by atoms with Crippen molar-refractivity contribution in [1.29, 1.82) is 0 Å². The Labute approximate surface area is 165 Å². The molecule has 6 N–H and O–H groups in total. The maximum Gasteiger partial charge on any atom is 0.115 e. The fraction of sp³-hybridized carbons (Fsp3) is 1.00. The van der Waals surface area contributed by atoms with Gasteiger partial charge in [0, 0.05) is 5.92 Å². The Kier molecular flexibility index (Phi) is 8.63. The summed E-state index contributed by atoms with van der Waals surface area (Å²) >= 11 is 0. The molecule has 0 aromatic rings. The molecule has 0 amide bonds. The fourth-order valence-electron chi connectivity index (χ4n) is 3.91. The highest BCUT2D eigenvalue weighted by molar-refractivity contribution is 4.98. The van der Waals surface area contributed by atoms with Crippen LogP contribution in [-0.2, 0) is 14.2 Å². The van der Waals surface area contributed by atoms with Crippen LogP contribution in [0.15, 0.2) is 0 Å². The monoisotopic (exact) mass is 408 g/mol. The number of ether oxygens (including phenoxy) is 3. The molecule has 9 atom stereocenters. The zero-order chi connectivity index (χ0) is 21.1. The first-order valence-electron chi connectivity index (χ1n) is 10.1. The van der Waals surface area contributed by atoms with E-state index in [1.807, 2.05) is 20.8 Å². The Bertz CT molecular complexity index is 472. The van der Waals surface area contributed by atoms with Crippen LogP contribution >= 0.6 is 0 Å². The topological polar surface area (TPSA) is 149 Å². The Hall–Kier alpha value is -0.360. The smallest absolute Gasteiger partial charge is 0.115 e. The van der Waals surface area contributed by atoms with E-state index >= 15 is 0 Å². The van der Waals surface area contributed by atoms with Crippen molar-refractivity contribution in [2.45, 2.75) is 94.5 Å². The zero-order valence-corrected chi connectivity index (χ0v) is 16.8. The highest BCUT2D eigenvalue weighted by Gasteiger charge is 2.49. The van der Waals surface area contributed by atoms with Gasteiger partial charge in [0.2, 0.25) is 0 Å². The molecule has 2 saturated heterocycles. The van der Waals surface area contributed by atoms with Crippen LogP contribution in [0.25, 0.3) is 0 Å². The second kappa shape index (κ2) is 10.1. The minimum absolute atomic E-state index is 0.0501. The van der Waals surface area contributed by atoms with Crippen LogP contribution in [0.5, 0.6) is 0 Å². The first kappa shape index (κ1) is 23.9. The molecule has 9 heteroatoms. The van der Waals surface area contributed by atoms with Crippen LogP contribution < -0.4 is 0 Å². The van der Waals surface area contributed by atoms with Crippen molar-refractivity contribution in [3.63, 3.8) is 0 Å². The second-order valence-corrected chi connectivity index (χ2v) is 8.13. The normalized spacial score (nSPS) is 42.5. The molecule has 2 heterocycles. The fourth-order valence-corrected chi connectivity index (χ4v) is 3.91. The lowest BCUT2D eigenvalue weighted by molar-refractivity contribution is -0.273. The average Bonchev–Trinajstić information content (AvgIpc) is 2.69. The van der Waals surface area contributed by atoms with E-state index in [1.54, 1.807) is 0 Å². The Balaban J connectivity index is 2.18. The standard InChI is InChI=1S/C19H36O9/c1-4-19(3,5-2)28-18-16(24)12(27-14(8-21)17(18)25)6-10-11(22)9-26-13(7-20)15(10)23/h10-18,20-25H,4-9H2,1-3H3/t10?,11-,12?,13?,14?,15?,16?,17?,18?/m1/s1. The van der Waals surface area contributed by atoms with Gasteiger partial charge in [0.15, 0.2) is 0 Å². The van der Waals surface area contributed by atoms with Crippen molar-refractivity contribution in [2.24, 2.45) is 5.92 Å². The van der Waals surface area contributed by atoms with Crippen molar-refractivity contribution in [1.82, 2.24) is 0 Å². The molecule has 2 aliphatic rings. The van der Waals surface area contributed by atoms with Gasteiger partial charge in [-0.25, -0.2) is 0 Å². The van der Waals surface area contributed by atoms with Gasteiger partial charge in [-0.1, -0.05) is 13.8 Å². The van der Waals surface area contributed by atoms with Gasteiger partial charge < -0.3 is 44.8 Å². The molecule has 8 unspecified atom stereocenters. The SMILES string of the molecule is CCC(C)(CC)OC1C(O)C(CO)OC(CC2C(O)C(CO)OC[C@H]2O)C1O. The van der Waals surface area contributed by atoms with Crippen LogP contribution in [0.1, 0.15) is 40.0 Å². The summed E-state index contributed by atoms with van der Waals surface area (Å²) in [6.07, 6.45) is -6.82. The lowest BCUT2D eigenvalue weighted by atomic mass is 9.81. The lowest BCUT2D eigenvalue weighted by Gasteiger charge is -2.47. The maximum absolute atomic E-state index is 10.9. The number of rotatable bonds is 8. The summed E-state index contributed by atoms with van der Waals surface area (Å²) in [6, 6.07) is 0. The molecule has 2 fully saturated rings. The van der Waals surface area contributed by atoms with E-state index in [0.29, 0.717) is 12.8 Å². The molecule has 0 radical (unpaired) electrons. The van der Waals surface area contributed by atoms with Gasteiger partial charge in [-0.3, -0.25) is 0 Å². The molecule has 2 rings (SSSR count). The summed E-state index contributed by atoms with van der Waals surface area (Å²) in [5.41, 5.74) is -0.561. The Morgan fingerprint density at radius 2 is 1.46 bits per heavy atom. The van der Waals surface area contributed by atoms with Crippen LogP contribution in [0.2, 0.25) is 0 Å². The van der Waals surface area contributed by atoms with E-state index in [1.165, 1.54) is 0 Å². The molecule has 0 spiro atoms.